The lowest BCUT2D eigenvalue weighted by Crippen LogP contribution is -2.31. The van der Waals surface area contributed by atoms with Crippen molar-refractivity contribution in [2.24, 2.45) is 23.7 Å². The van der Waals surface area contributed by atoms with Crippen LogP contribution in [0.2, 0.25) is 0 Å². The number of anilines is 1. The fourth-order valence-corrected chi connectivity index (χ4v) is 5.44. The minimum Gasteiger partial charge on any atom is -0.426 e. The number of likely N-dealkylation sites (tertiary alicyclic amines) is 1. The van der Waals surface area contributed by atoms with E-state index in [-0.39, 0.29) is 47.9 Å². The first-order chi connectivity index (χ1) is 16.8. The van der Waals surface area contributed by atoms with Gasteiger partial charge in [0.15, 0.2) is 0 Å². The van der Waals surface area contributed by atoms with Gasteiger partial charge in [-0.2, -0.15) is 0 Å². The maximum atomic E-state index is 13.0. The maximum absolute atomic E-state index is 13.0. The molecule has 0 unspecified atom stereocenters. The average Bonchev–Trinajstić information content (AvgIpc) is 3.38. The van der Waals surface area contributed by atoms with Gasteiger partial charge in [-0.1, -0.05) is 49.4 Å². The van der Waals surface area contributed by atoms with Crippen LogP contribution in [-0.4, -0.2) is 35.1 Å². The summed E-state index contributed by atoms with van der Waals surface area (Å²) in [5.41, 5.74) is 1.49. The number of carbonyl (C=O) groups excluding carboxylic acids is 4. The molecule has 2 aromatic rings. The van der Waals surface area contributed by atoms with E-state index in [9.17, 15) is 19.2 Å². The van der Waals surface area contributed by atoms with E-state index in [4.69, 9.17) is 4.74 Å². The standard InChI is InChI=1S/C28H28N2O5/c1-17-7-6-10-23-25(17)27(33)30(26(23)32)21-11-13-22(14-12-21)35-28(34)20-15-24(31)29(16-20)18(2)19-8-4-3-5-9-19/h3-9,11-14,17-18,20,23,25H,10,15-16H2,1-2H3/t17-,18+,20-,23+,25-/m1/s1. The number of allylic oxidation sites excluding steroid dienone is 2. The Labute approximate surface area is 204 Å². The fraction of sp³-hybridized carbons (Fsp3) is 0.357. The average molecular weight is 473 g/mol. The van der Waals surface area contributed by atoms with Crippen molar-refractivity contribution in [2.75, 3.05) is 11.4 Å². The van der Waals surface area contributed by atoms with E-state index >= 15 is 0 Å². The Kier molecular flexibility index (Phi) is 6.01. The summed E-state index contributed by atoms with van der Waals surface area (Å²) in [6, 6.07) is 16.0. The van der Waals surface area contributed by atoms with E-state index in [0.717, 1.165) is 5.56 Å². The van der Waals surface area contributed by atoms with Crippen molar-refractivity contribution in [3.8, 4) is 5.75 Å². The van der Waals surface area contributed by atoms with E-state index in [1.807, 2.05) is 56.3 Å². The van der Waals surface area contributed by atoms with Crippen LogP contribution in [0.4, 0.5) is 5.69 Å². The number of hydrogen-bond acceptors (Lipinski definition) is 5. The Morgan fingerprint density at radius 1 is 1.00 bits per heavy atom. The van der Waals surface area contributed by atoms with Crippen LogP contribution < -0.4 is 9.64 Å². The van der Waals surface area contributed by atoms with E-state index in [1.165, 1.54) is 4.90 Å². The van der Waals surface area contributed by atoms with Gasteiger partial charge in [-0.15, -0.1) is 0 Å². The second-order valence-electron chi connectivity index (χ2n) is 9.62. The third kappa shape index (κ3) is 4.16. The van der Waals surface area contributed by atoms with Crippen LogP contribution in [0.15, 0.2) is 66.7 Å². The summed E-state index contributed by atoms with van der Waals surface area (Å²) in [4.78, 5) is 54.2. The van der Waals surface area contributed by atoms with Gasteiger partial charge in [0.1, 0.15) is 5.75 Å². The largest absolute Gasteiger partial charge is 0.426 e. The highest BCUT2D eigenvalue weighted by molar-refractivity contribution is 6.22. The number of rotatable bonds is 5. The summed E-state index contributed by atoms with van der Waals surface area (Å²) in [5, 5.41) is 0. The van der Waals surface area contributed by atoms with Gasteiger partial charge >= 0.3 is 5.97 Å². The van der Waals surface area contributed by atoms with Gasteiger partial charge in [0.25, 0.3) is 0 Å². The molecule has 5 atom stereocenters. The second kappa shape index (κ2) is 9.13. The number of fused-ring (bicyclic) bond motifs is 1. The van der Waals surface area contributed by atoms with Crippen LogP contribution in [0, 0.1) is 23.7 Å². The van der Waals surface area contributed by atoms with Gasteiger partial charge in [-0.3, -0.25) is 24.1 Å². The molecule has 0 spiro atoms. The first-order valence-electron chi connectivity index (χ1n) is 12.1. The molecule has 0 radical (unpaired) electrons. The van der Waals surface area contributed by atoms with Crippen molar-refractivity contribution in [3.05, 3.63) is 72.3 Å². The Balaban J connectivity index is 1.23. The first-order valence-corrected chi connectivity index (χ1v) is 12.1. The van der Waals surface area contributed by atoms with Crippen molar-refractivity contribution in [1.82, 2.24) is 4.90 Å². The lowest BCUT2D eigenvalue weighted by Gasteiger charge is -2.25. The van der Waals surface area contributed by atoms with E-state index < -0.39 is 11.9 Å². The van der Waals surface area contributed by atoms with Crippen molar-refractivity contribution in [1.29, 1.82) is 0 Å². The zero-order valence-corrected chi connectivity index (χ0v) is 19.8. The van der Waals surface area contributed by atoms with Crippen molar-refractivity contribution in [3.63, 3.8) is 0 Å². The Bertz CT molecular complexity index is 1190. The summed E-state index contributed by atoms with van der Waals surface area (Å²) in [5.74, 6) is -1.76. The molecule has 0 aromatic heterocycles. The minimum atomic E-state index is -0.549. The number of amides is 3. The number of carbonyl (C=O) groups is 4. The van der Waals surface area contributed by atoms with Gasteiger partial charge < -0.3 is 9.64 Å². The topological polar surface area (TPSA) is 84.0 Å². The lowest BCUT2D eigenvalue weighted by molar-refractivity contribution is -0.139. The van der Waals surface area contributed by atoms with Crippen LogP contribution in [0.5, 0.6) is 5.75 Å². The molecule has 3 aliphatic rings. The predicted octanol–water partition coefficient (Wildman–Crippen LogP) is 3.90. The van der Waals surface area contributed by atoms with Crippen LogP contribution >= 0.6 is 0 Å². The van der Waals surface area contributed by atoms with Gasteiger partial charge in [0.05, 0.1) is 29.5 Å². The number of imide groups is 1. The first kappa shape index (κ1) is 23.0. The number of ether oxygens (including phenoxy) is 1. The molecule has 180 valence electrons. The Morgan fingerprint density at radius 3 is 2.40 bits per heavy atom. The van der Waals surface area contributed by atoms with Gasteiger partial charge in [-0.25, -0.2) is 0 Å². The predicted molar refractivity (Wildman–Crippen MR) is 129 cm³/mol. The smallest absolute Gasteiger partial charge is 0.316 e. The summed E-state index contributed by atoms with van der Waals surface area (Å²) < 4.78 is 5.55. The second-order valence-corrected chi connectivity index (χ2v) is 9.62. The highest BCUT2D eigenvalue weighted by Gasteiger charge is 2.50. The molecule has 7 nitrogen and oxygen atoms in total. The van der Waals surface area contributed by atoms with Crippen LogP contribution in [0.25, 0.3) is 0 Å². The SMILES string of the molecule is C[C@@H]1C=CC[C@@H]2C(=O)N(c3ccc(OC(=O)[C@@H]4CC(=O)N([C@@H](C)c5ccccc5)C4)cc3)C(=O)[C@H]12. The third-order valence-electron chi connectivity index (χ3n) is 7.43. The Hall–Kier alpha value is -3.74. The zero-order valence-electron chi connectivity index (χ0n) is 19.8. The molecular formula is C28H28N2O5. The molecule has 0 bridgehead atoms. The van der Waals surface area contributed by atoms with E-state index in [2.05, 4.69) is 0 Å². The van der Waals surface area contributed by atoms with Crippen molar-refractivity contribution >= 4 is 29.4 Å². The normalized spacial score (nSPS) is 26.7. The Morgan fingerprint density at radius 2 is 1.71 bits per heavy atom. The van der Waals surface area contributed by atoms with Gasteiger partial charge in [-0.05, 0) is 49.1 Å². The molecule has 2 heterocycles. The zero-order chi connectivity index (χ0) is 24.7. The van der Waals surface area contributed by atoms with Crippen LogP contribution in [0.3, 0.4) is 0 Å². The van der Waals surface area contributed by atoms with Crippen molar-refractivity contribution < 1.29 is 23.9 Å². The lowest BCUT2D eigenvalue weighted by atomic mass is 9.78. The summed E-state index contributed by atoms with van der Waals surface area (Å²) in [7, 11) is 0. The monoisotopic (exact) mass is 472 g/mol. The molecule has 0 N–H and O–H groups in total. The molecule has 2 aliphatic heterocycles. The highest BCUT2D eigenvalue weighted by Crippen LogP contribution is 2.40. The van der Waals surface area contributed by atoms with E-state index in [0.29, 0.717) is 24.4 Å². The summed E-state index contributed by atoms with van der Waals surface area (Å²) in [6.45, 7) is 4.21. The molecule has 5 rings (SSSR count). The third-order valence-corrected chi connectivity index (χ3v) is 7.43. The maximum Gasteiger partial charge on any atom is 0.316 e. The molecule has 7 heteroatoms. The number of nitrogens with zero attached hydrogens (tertiary/aromatic N) is 2. The van der Waals surface area contributed by atoms with Gasteiger partial charge in [0, 0.05) is 13.0 Å². The van der Waals surface area contributed by atoms with Crippen molar-refractivity contribution in [2.45, 2.75) is 32.7 Å². The van der Waals surface area contributed by atoms with E-state index in [1.54, 1.807) is 29.2 Å². The van der Waals surface area contributed by atoms with Crippen LogP contribution in [0.1, 0.15) is 38.3 Å². The molecule has 0 saturated carbocycles. The highest BCUT2D eigenvalue weighted by atomic mass is 16.5. The number of esters is 1. The minimum absolute atomic E-state index is 0.0220. The number of benzene rings is 2. The summed E-state index contributed by atoms with van der Waals surface area (Å²) in [6.07, 6.45) is 4.65. The molecule has 3 amide bonds. The molecular weight excluding hydrogens is 444 g/mol. The molecule has 2 saturated heterocycles. The summed E-state index contributed by atoms with van der Waals surface area (Å²) >= 11 is 0. The molecule has 2 fully saturated rings. The number of hydrogen-bond donors (Lipinski definition) is 0. The molecule has 35 heavy (non-hydrogen) atoms. The quantitative estimate of drug-likeness (QED) is 0.285. The fourth-order valence-electron chi connectivity index (χ4n) is 5.44. The van der Waals surface area contributed by atoms with Gasteiger partial charge in [0.2, 0.25) is 17.7 Å². The molecule has 1 aliphatic carbocycles. The van der Waals surface area contributed by atoms with Crippen LogP contribution in [-0.2, 0) is 19.2 Å². The molecule has 2 aromatic carbocycles.